The van der Waals surface area contributed by atoms with Crippen LogP contribution in [0.25, 0.3) is 0 Å². The zero-order valence-electron chi connectivity index (χ0n) is 13.9. The van der Waals surface area contributed by atoms with Crippen LogP contribution in [-0.2, 0) is 4.74 Å². The van der Waals surface area contributed by atoms with Crippen LogP contribution in [-0.4, -0.2) is 25.3 Å². The number of nitrogens with one attached hydrogen (secondary N) is 1. The number of ether oxygens (including phenoxy) is 1. The molecule has 1 N–H and O–H groups in total. The lowest BCUT2D eigenvalue weighted by atomic mass is 9.68. The second kappa shape index (κ2) is 7.79. The molecule has 0 spiro atoms. The third-order valence-electron chi connectivity index (χ3n) is 5.97. The van der Waals surface area contributed by atoms with E-state index in [1.165, 1.54) is 64.2 Å². The summed E-state index contributed by atoms with van der Waals surface area (Å²) in [6.45, 7) is 5.68. The lowest BCUT2D eigenvalue weighted by Gasteiger charge is -2.48. The van der Waals surface area contributed by atoms with Crippen molar-refractivity contribution < 1.29 is 4.74 Å². The normalized spacial score (nSPS) is 31.9. The first-order valence-electron chi connectivity index (χ1n) is 9.04. The molecule has 0 aromatic carbocycles. The number of methoxy groups -OCH3 is 1. The maximum absolute atomic E-state index is 6.15. The highest BCUT2D eigenvalue weighted by molar-refractivity contribution is 4.99. The van der Waals surface area contributed by atoms with Gasteiger partial charge in [0.15, 0.2) is 0 Å². The monoisotopic (exact) mass is 281 g/mol. The Morgan fingerprint density at radius 1 is 1.10 bits per heavy atom. The van der Waals surface area contributed by atoms with E-state index in [1.54, 1.807) is 0 Å². The number of hydrogen-bond acceptors (Lipinski definition) is 2. The van der Waals surface area contributed by atoms with Crippen LogP contribution in [0.2, 0.25) is 0 Å². The maximum Gasteiger partial charge on any atom is 0.0833 e. The van der Waals surface area contributed by atoms with E-state index >= 15 is 0 Å². The van der Waals surface area contributed by atoms with Crippen molar-refractivity contribution in [1.29, 1.82) is 0 Å². The number of hydrogen-bond donors (Lipinski definition) is 1. The second-order valence-electron chi connectivity index (χ2n) is 7.07. The van der Waals surface area contributed by atoms with Crippen LogP contribution in [0.4, 0.5) is 0 Å². The lowest BCUT2D eigenvalue weighted by Crippen LogP contribution is -2.57. The van der Waals surface area contributed by atoms with Gasteiger partial charge in [0.1, 0.15) is 0 Å². The summed E-state index contributed by atoms with van der Waals surface area (Å²) in [5.41, 5.74) is 0.120. The van der Waals surface area contributed by atoms with Crippen molar-refractivity contribution in [2.45, 2.75) is 89.7 Å². The van der Waals surface area contributed by atoms with Crippen molar-refractivity contribution in [3.8, 4) is 0 Å². The van der Waals surface area contributed by atoms with Crippen LogP contribution in [0.3, 0.4) is 0 Å². The molecule has 0 aliphatic heterocycles. The van der Waals surface area contributed by atoms with Crippen molar-refractivity contribution in [3.05, 3.63) is 0 Å². The fourth-order valence-electron chi connectivity index (χ4n) is 4.80. The van der Waals surface area contributed by atoms with Gasteiger partial charge in [-0.2, -0.15) is 0 Å². The summed E-state index contributed by atoms with van der Waals surface area (Å²) < 4.78 is 6.15. The minimum atomic E-state index is 0.120. The highest BCUT2D eigenvalue weighted by atomic mass is 16.5. The average Bonchev–Trinajstić information content (AvgIpc) is 2.53. The minimum absolute atomic E-state index is 0.120. The van der Waals surface area contributed by atoms with E-state index in [-0.39, 0.29) is 5.60 Å². The molecule has 0 bridgehead atoms. The molecule has 0 heterocycles. The first-order valence-corrected chi connectivity index (χ1v) is 9.04. The average molecular weight is 281 g/mol. The van der Waals surface area contributed by atoms with Gasteiger partial charge in [-0.15, -0.1) is 0 Å². The van der Waals surface area contributed by atoms with Crippen LogP contribution in [0.5, 0.6) is 0 Å². The molecule has 2 rings (SSSR count). The van der Waals surface area contributed by atoms with Gasteiger partial charge in [-0.05, 0) is 44.1 Å². The fourth-order valence-corrected chi connectivity index (χ4v) is 4.80. The summed E-state index contributed by atoms with van der Waals surface area (Å²) in [6.07, 6.45) is 13.7. The molecule has 0 aromatic rings. The van der Waals surface area contributed by atoms with Crippen LogP contribution < -0.4 is 5.32 Å². The van der Waals surface area contributed by atoms with Gasteiger partial charge in [-0.3, -0.25) is 0 Å². The van der Waals surface area contributed by atoms with E-state index in [0.29, 0.717) is 6.04 Å². The van der Waals surface area contributed by atoms with Gasteiger partial charge >= 0.3 is 0 Å². The molecular formula is C18H35NO. The molecule has 3 unspecified atom stereocenters. The molecule has 0 aromatic heterocycles. The first-order chi connectivity index (χ1) is 9.75. The molecule has 0 radical (unpaired) electrons. The van der Waals surface area contributed by atoms with E-state index in [0.717, 1.165) is 18.4 Å². The smallest absolute Gasteiger partial charge is 0.0833 e. The Labute approximate surface area is 126 Å². The van der Waals surface area contributed by atoms with Crippen molar-refractivity contribution in [3.63, 3.8) is 0 Å². The molecular weight excluding hydrogens is 246 g/mol. The Morgan fingerprint density at radius 2 is 1.85 bits per heavy atom. The summed E-state index contributed by atoms with van der Waals surface area (Å²) in [5, 5.41) is 3.83. The molecule has 2 heteroatoms. The molecule has 2 saturated carbocycles. The third-order valence-corrected chi connectivity index (χ3v) is 5.97. The van der Waals surface area contributed by atoms with E-state index in [2.05, 4.69) is 19.2 Å². The largest absolute Gasteiger partial charge is 0.377 e. The Kier molecular flexibility index (Phi) is 6.35. The van der Waals surface area contributed by atoms with Gasteiger partial charge in [0.25, 0.3) is 0 Å². The predicted molar refractivity (Wildman–Crippen MR) is 86.0 cm³/mol. The minimum Gasteiger partial charge on any atom is -0.377 e. The van der Waals surface area contributed by atoms with Gasteiger partial charge in [-0.1, -0.05) is 52.4 Å². The van der Waals surface area contributed by atoms with Crippen LogP contribution in [0.1, 0.15) is 78.1 Å². The highest BCUT2D eigenvalue weighted by Crippen LogP contribution is 2.42. The molecule has 2 aliphatic carbocycles. The quantitative estimate of drug-likeness (QED) is 0.772. The predicted octanol–water partition coefficient (Wildman–Crippen LogP) is 4.53. The van der Waals surface area contributed by atoms with Crippen LogP contribution in [0.15, 0.2) is 0 Å². The summed E-state index contributed by atoms with van der Waals surface area (Å²) in [7, 11) is 1.95. The SMILES string of the molecule is CCNC(C1CCCC(CC)C1)C1(OC)CCCCC1. The number of likely N-dealkylation sites (N-methyl/N-ethyl adjacent to an activating group) is 1. The molecule has 118 valence electrons. The molecule has 3 atom stereocenters. The molecule has 0 amide bonds. The van der Waals surface area contributed by atoms with Gasteiger partial charge in [0.05, 0.1) is 5.60 Å². The molecule has 20 heavy (non-hydrogen) atoms. The molecule has 2 aliphatic rings. The summed E-state index contributed by atoms with van der Waals surface area (Å²) in [6, 6.07) is 0.576. The van der Waals surface area contributed by atoms with E-state index in [9.17, 15) is 0 Å². The van der Waals surface area contributed by atoms with Crippen LogP contribution >= 0.6 is 0 Å². The summed E-state index contributed by atoms with van der Waals surface area (Å²) in [4.78, 5) is 0. The molecule has 2 nitrogen and oxygen atoms in total. The van der Waals surface area contributed by atoms with E-state index in [4.69, 9.17) is 4.74 Å². The lowest BCUT2D eigenvalue weighted by molar-refractivity contribution is -0.0870. The van der Waals surface area contributed by atoms with Crippen molar-refractivity contribution in [1.82, 2.24) is 5.32 Å². The van der Waals surface area contributed by atoms with Gasteiger partial charge in [0.2, 0.25) is 0 Å². The summed E-state index contributed by atoms with van der Waals surface area (Å²) in [5.74, 6) is 1.78. The molecule has 2 fully saturated rings. The van der Waals surface area contributed by atoms with Crippen LogP contribution in [0, 0.1) is 11.8 Å². The molecule has 0 saturated heterocycles. The second-order valence-corrected chi connectivity index (χ2v) is 7.07. The highest BCUT2D eigenvalue weighted by Gasteiger charge is 2.44. The zero-order valence-corrected chi connectivity index (χ0v) is 13.9. The summed E-state index contributed by atoms with van der Waals surface area (Å²) >= 11 is 0. The van der Waals surface area contributed by atoms with Gasteiger partial charge in [0, 0.05) is 13.2 Å². The van der Waals surface area contributed by atoms with Crippen molar-refractivity contribution in [2.24, 2.45) is 11.8 Å². The first kappa shape index (κ1) is 16.3. The van der Waals surface area contributed by atoms with Gasteiger partial charge < -0.3 is 10.1 Å². The Hall–Kier alpha value is -0.0800. The Morgan fingerprint density at radius 3 is 2.45 bits per heavy atom. The Balaban J connectivity index is 2.11. The van der Waals surface area contributed by atoms with E-state index in [1.807, 2.05) is 7.11 Å². The van der Waals surface area contributed by atoms with E-state index < -0.39 is 0 Å². The zero-order chi connectivity index (χ0) is 14.4. The topological polar surface area (TPSA) is 21.3 Å². The van der Waals surface area contributed by atoms with Crippen molar-refractivity contribution >= 4 is 0 Å². The fraction of sp³-hybridized carbons (Fsp3) is 1.00. The number of rotatable bonds is 6. The maximum atomic E-state index is 6.15. The van der Waals surface area contributed by atoms with Gasteiger partial charge in [-0.25, -0.2) is 0 Å². The standard InChI is InChI=1S/C18H35NO/c1-4-15-10-9-11-16(14-15)17(19-5-2)18(20-3)12-7-6-8-13-18/h15-17,19H,4-14H2,1-3H3. The Bertz CT molecular complexity index is 273. The van der Waals surface area contributed by atoms with Crippen molar-refractivity contribution in [2.75, 3.05) is 13.7 Å². The third kappa shape index (κ3) is 3.57.